The Morgan fingerprint density at radius 2 is 1.86 bits per heavy atom. The molecule has 3 nitrogen and oxygen atoms in total. The van der Waals surface area contributed by atoms with Crippen molar-refractivity contribution in [2.24, 2.45) is 10.9 Å². The molecule has 0 saturated heterocycles. The summed E-state index contributed by atoms with van der Waals surface area (Å²) in [6.07, 6.45) is 2.40. The minimum absolute atomic E-state index is 0.307. The number of benzene rings is 2. The number of carbonyl (C=O) groups is 1. The minimum Gasteiger partial charge on any atom is -0.465 e. The summed E-state index contributed by atoms with van der Waals surface area (Å²) >= 11 is 0. The molecule has 3 rings (SSSR count). The van der Waals surface area contributed by atoms with Crippen molar-refractivity contribution < 1.29 is 9.53 Å². The number of esters is 1. The first-order chi connectivity index (χ1) is 10.7. The van der Waals surface area contributed by atoms with Crippen molar-refractivity contribution in [1.82, 2.24) is 0 Å². The van der Waals surface area contributed by atoms with Crippen molar-refractivity contribution in [1.29, 1.82) is 0 Å². The third-order valence-electron chi connectivity index (χ3n) is 3.90. The highest BCUT2D eigenvalue weighted by atomic mass is 16.5. The van der Waals surface area contributed by atoms with Gasteiger partial charge < -0.3 is 4.74 Å². The number of rotatable bonds is 4. The van der Waals surface area contributed by atoms with Gasteiger partial charge in [0.1, 0.15) is 0 Å². The van der Waals surface area contributed by atoms with E-state index in [1.807, 2.05) is 37.3 Å². The topological polar surface area (TPSA) is 38.7 Å². The summed E-state index contributed by atoms with van der Waals surface area (Å²) in [7, 11) is 1.40. The predicted molar refractivity (Wildman–Crippen MR) is 87.9 cm³/mol. The zero-order valence-corrected chi connectivity index (χ0v) is 12.9. The molecule has 1 aliphatic carbocycles. The van der Waals surface area contributed by atoms with Gasteiger partial charge in [-0.15, -0.1) is 0 Å². The van der Waals surface area contributed by atoms with Gasteiger partial charge in [-0.1, -0.05) is 30.3 Å². The number of carbonyl (C=O) groups excluding carboxylic acids is 1. The Morgan fingerprint density at radius 3 is 2.45 bits per heavy atom. The van der Waals surface area contributed by atoms with E-state index in [1.165, 1.54) is 25.5 Å². The van der Waals surface area contributed by atoms with Gasteiger partial charge in [0.15, 0.2) is 0 Å². The van der Waals surface area contributed by atoms with Gasteiger partial charge in [0.25, 0.3) is 0 Å². The monoisotopic (exact) mass is 293 g/mol. The van der Waals surface area contributed by atoms with Gasteiger partial charge in [-0.05, 0) is 49.1 Å². The minimum atomic E-state index is -0.307. The molecule has 22 heavy (non-hydrogen) atoms. The van der Waals surface area contributed by atoms with E-state index in [2.05, 4.69) is 12.1 Å². The summed E-state index contributed by atoms with van der Waals surface area (Å²) in [6, 6.07) is 15.9. The van der Waals surface area contributed by atoms with Crippen molar-refractivity contribution in [3.8, 4) is 0 Å². The summed E-state index contributed by atoms with van der Waals surface area (Å²) in [5.74, 6) is 0.251. The summed E-state index contributed by atoms with van der Waals surface area (Å²) in [4.78, 5) is 16.5. The highest BCUT2D eigenvalue weighted by Gasteiger charge is 2.28. The average molecular weight is 293 g/mol. The van der Waals surface area contributed by atoms with Crippen LogP contribution in [0.15, 0.2) is 53.5 Å². The molecular formula is C19H19NO2. The van der Waals surface area contributed by atoms with Crippen molar-refractivity contribution in [3.63, 3.8) is 0 Å². The van der Waals surface area contributed by atoms with E-state index in [4.69, 9.17) is 9.73 Å². The molecule has 0 spiro atoms. The number of hydrogen-bond donors (Lipinski definition) is 0. The maximum Gasteiger partial charge on any atom is 0.338 e. The molecule has 2 aromatic rings. The molecule has 112 valence electrons. The molecule has 1 saturated carbocycles. The average Bonchev–Trinajstić information content (AvgIpc) is 3.37. The van der Waals surface area contributed by atoms with E-state index >= 15 is 0 Å². The molecule has 0 amide bonds. The van der Waals surface area contributed by atoms with E-state index in [0.717, 1.165) is 17.0 Å². The van der Waals surface area contributed by atoms with Crippen LogP contribution in [0, 0.1) is 12.8 Å². The maximum absolute atomic E-state index is 11.6. The molecule has 0 bridgehead atoms. The second-order valence-electron chi connectivity index (χ2n) is 5.63. The van der Waals surface area contributed by atoms with Crippen molar-refractivity contribution in [3.05, 3.63) is 65.2 Å². The standard InChI is InChI=1S/C19H19NO2/c1-13-12-16(10-11-17(13)19(21)22-2)20-18(15-8-9-15)14-6-4-3-5-7-14/h3-7,10-12,15H,8-9H2,1-2H3. The number of nitrogens with zero attached hydrogens (tertiary/aromatic N) is 1. The van der Waals surface area contributed by atoms with Crippen LogP contribution in [0.2, 0.25) is 0 Å². The first-order valence-corrected chi connectivity index (χ1v) is 7.52. The molecular weight excluding hydrogens is 274 g/mol. The Hall–Kier alpha value is -2.42. The molecule has 0 atom stereocenters. The van der Waals surface area contributed by atoms with Crippen LogP contribution in [0.25, 0.3) is 0 Å². The van der Waals surface area contributed by atoms with Crippen molar-refractivity contribution in [2.75, 3.05) is 7.11 Å². The van der Waals surface area contributed by atoms with Gasteiger partial charge in [0.2, 0.25) is 0 Å². The third kappa shape index (κ3) is 3.08. The van der Waals surface area contributed by atoms with Gasteiger partial charge in [0.05, 0.1) is 24.1 Å². The SMILES string of the molecule is COC(=O)c1ccc(N=C(c2ccccc2)C2CC2)cc1C. The lowest BCUT2D eigenvalue weighted by atomic mass is 10.1. The van der Waals surface area contributed by atoms with Crippen LogP contribution < -0.4 is 0 Å². The van der Waals surface area contributed by atoms with Crippen LogP contribution in [-0.2, 0) is 4.74 Å². The Kier molecular flexibility index (Phi) is 4.05. The summed E-state index contributed by atoms with van der Waals surface area (Å²) in [5, 5.41) is 0. The molecule has 1 aliphatic rings. The number of methoxy groups -OCH3 is 1. The van der Waals surface area contributed by atoms with Crippen LogP contribution in [0.5, 0.6) is 0 Å². The second kappa shape index (κ2) is 6.14. The third-order valence-corrected chi connectivity index (χ3v) is 3.90. The lowest BCUT2D eigenvalue weighted by Gasteiger charge is -2.08. The Balaban J connectivity index is 1.96. The van der Waals surface area contributed by atoms with Crippen LogP contribution in [0.4, 0.5) is 5.69 Å². The van der Waals surface area contributed by atoms with Gasteiger partial charge in [0, 0.05) is 5.92 Å². The number of aliphatic imine (C=N–C) groups is 1. The second-order valence-corrected chi connectivity index (χ2v) is 5.63. The van der Waals surface area contributed by atoms with E-state index in [9.17, 15) is 4.79 Å². The first kappa shape index (κ1) is 14.5. The van der Waals surface area contributed by atoms with E-state index in [1.54, 1.807) is 6.07 Å². The maximum atomic E-state index is 11.6. The summed E-state index contributed by atoms with van der Waals surface area (Å²) < 4.78 is 4.78. The Morgan fingerprint density at radius 1 is 1.14 bits per heavy atom. The molecule has 1 fully saturated rings. The van der Waals surface area contributed by atoms with Crippen LogP contribution in [0.1, 0.15) is 34.3 Å². The van der Waals surface area contributed by atoms with Gasteiger partial charge in [-0.25, -0.2) is 4.79 Å². The summed E-state index contributed by atoms with van der Waals surface area (Å²) in [5.41, 5.74) is 4.69. The molecule has 0 radical (unpaired) electrons. The molecule has 0 heterocycles. The van der Waals surface area contributed by atoms with Gasteiger partial charge in [-0.3, -0.25) is 4.99 Å². The van der Waals surface area contributed by atoms with Gasteiger partial charge >= 0.3 is 5.97 Å². The van der Waals surface area contributed by atoms with E-state index in [-0.39, 0.29) is 5.97 Å². The quantitative estimate of drug-likeness (QED) is 0.622. The fourth-order valence-electron chi connectivity index (χ4n) is 2.55. The predicted octanol–water partition coefficient (Wildman–Crippen LogP) is 4.31. The fraction of sp³-hybridized carbons (Fsp3) is 0.263. The molecule has 2 aromatic carbocycles. The lowest BCUT2D eigenvalue weighted by Crippen LogP contribution is -2.04. The highest BCUT2D eigenvalue weighted by molar-refractivity contribution is 6.05. The van der Waals surface area contributed by atoms with E-state index in [0.29, 0.717) is 11.5 Å². The molecule has 0 aliphatic heterocycles. The van der Waals surface area contributed by atoms with Crippen molar-refractivity contribution in [2.45, 2.75) is 19.8 Å². The smallest absolute Gasteiger partial charge is 0.338 e. The zero-order valence-electron chi connectivity index (χ0n) is 12.9. The lowest BCUT2D eigenvalue weighted by molar-refractivity contribution is 0.0600. The van der Waals surface area contributed by atoms with Crippen molar-refractivity contribution >= 4 is 17.4 Å². The van der Waals surface area contributed by atoms with Crippen LogP contribution >= 0.6 is 0 Å². The first-order valence-electron chi connectivity index (χ1n) is 7.52. The van der Waals surface area contributed by atoms with E-state index < -0.39 is 0 Å². The molecule has 3 heteroatoms. The Bertz CT molecular complexity index is 715. The number of ether oxygens (including phenoxy) is 1. The van der Waals surface area contributed by atoms with Crippen LogP contribution in [0.3, 0.4) is 0 Å². The largest absolute Gasteiger partial charge is 0.465 e. The Labute approximate surface area is 130 Å². The highest BCUT2D eigenvalue weighted by Crippen LogP contribution is 2.35. The zero-order chi connectivity index (χ0) is 15.5. The molecule has 0 aromatic heterocycles. The molecule has 0 unspecified atom stereocenters. The number of aryl methyl sites for hydroxylation is 1. The molecule has 0 N–H and O–H groups in total. The number of hydrogen-bond acceptors (Lipinski definition) is 3. The summed E-state index contributed by atoms with van der Waals surface area (Å²) in [6.45, 7) is 1.91. The van der Waals surface area contributed by atoms with Gasteiger partial charge in [-0.2, -0.15) is 0 Å². The van der Waals surface area contributed by atoms with Crippen LogP contribution in [-0.4, -0.2) is 18.8 Å². The normalized spacial score (nSPS) is 14.7. The fourth-order valence-corrected chi connectivity index (χ4v) is 2.55.